The van der Waals surface area contributed by atoms with Crippen molar-refractivity contribution in [1.29, 1.82) is 0 Å². The molecule has 2 aliphatic carbocycles. The van der Waals surface area contributed by atoms with Crippen molar-refractivity contribution < 1.29 is 38.6 Å². The molecule has 15 heavy (non-hydrogen) atoms. The van der Waals surface area contributed by atoms with Gasteiger partial charge in [-0.25, -0.2) is 24.3 Å². The fraction of sp³-hybridized carbons (Fsp3) is 0.167. The van der Waals surface area contributed by atoms with Crippen LogP contribution in [0.1, 0.15) is 12.8 Å². The third kappa shape index (κ3) is 20.2. The van der Waals surface area contributed by atoms with E-state index in [0.29, 0.717) is 0 Å². The molecule has 0 spiro atoms. The smallest absolute Gasteiger partial charge is 1.00 e. The molecule has 0 radical (unpaired) electrons. The molecule has 0 saturated carbocycles. The van der Waals surface area contributed by atoms with Crippen molar-refractivity contribution in [2.45, 2.75) is 12.8 Å². The standard InChI is InChI=1S/2C5H5.C2H3S.ClH.Zr/c2*1-2-4-5-3-1;1-2-3;;/h2*1-3H,4H2;2H,1H2;1H;/q3*-1;;+4/p-1. The number of thiocarbonyl (C=S) groups is 1. The van der Waals surface area contributed by atoms with Crippen LogP contribution in [0, 0.1) is 19.1 Å². The Balaban J connectivity index is -0.000000140. The molecular weight excluding hydrogens is 303 g/mol. The third-order valence-electron chi connectivity index (χ3n) is 1.17. The SMILES string of the molecule is [C-]1=CC=CC1.[C-]1=CC=CC1.[CH2-]C=S.[Cl-].[Zr+4]. The van der Waals surface area contributed by atoms with Gasteiger partial charge in [-0.2, -0.15) is 17.5 Å². The zero-order valence-corrected chi connectivity index (χ0v) is 12.5. The van der Waals surface area contributed by atoms with E-state index in [-0.39, 0.29) is 38.6 Å². The van der Waals surface area contributed by atoms with Crippen LogP contribution in [0.2, 0.25) is 0 Å². The summed E-state index contributed by atoms with van der Waals surface area (Å²) in [6, 6.07) is 0. The van der Waals surface area contributed by atoms with E-state index in [1.54, 1.807) is 0 Å². The summed E-state index contributed by atoms with van der Waals surface area (Å²) in [5, 5.41) is 1.33. The molecule has 0 fully saturated rings. The molecule has 0 unspecified atom stereocenters. The first kappa shape index (κ1) is 20.5. The van der Waals surface area contributed by atoms with E-state index >= 15 is 0 Å². The molecule has 0 amide bonds. The van der Waals surface area contributed by atoms with Crippen molar-refractivity contribution in [3.63, 3.8) is 0 Å². The number of halogens is 1. The Morgan fingerprint density at radius 1 is 1.07 bits per heavy atom. The number of allylic oxidation sites excluding steroid dienone is 8. The van der Waals surface area contributed by atoms with Gasteiger partial charge in [0.25, 0.3) is 0 Å². The maximum atomic E-state index is 4.16. The molecule has 2 rings (SSSR count). The largest absolute Gasteiger partial charge is 4.00 e. The van der Waals surface area contributed by atoms with E-state index in [1.807, 2.05) is 24.3 Å². The Kier molecular flexibility index (Phi) is 26.8. The zero-order valence-electron chi connectivity index (χ0n) is 8.45. The van der Waals surface area contributed by atoms with Crippen LogP contribution >= 0.6 is 12.2 Å². The van der Waals surface area contributed by atoms with Crippen molar-refractivity contribution in [1.82, 2.24) is 0 Å². The summed E-state index contributed by atoms with van der Waals surface area (Å²) in [4.78, 5) is 0. The first-order chi connectivity index (χ1) is 6.41. The molecule has 2 aliphatic rings. The topological polar surface area (TPSA) is 0 Å². The van der Waals surface area contributed by atoms with Gasteiger partial charge in [-0.15, -0.1) is 25.1 Å². The average Bonchev–Trinajstić information content (AvgIpc) is 2.85. The van der Waals surface area contributed by atoms with Crippen molar-refractivity contribution in [2.24, 2.45) is 0 Å². The zero-order chi connectivity index (χ0) is 9.78. The Labute approximate surface area is 124 Å². The summed E-state index contributed by atoms with van der Waals surface area (Å²) < 4.78 is 0. The Bertz CT molecular complexity index is 188. The molecule has 0 aromatic heterocycles. The van der Waals surface area contributed by atoms with Crippen molar-refractivity contribution in [3.8, 4) is 0 Å². The van der Waals surface area contributed by atoms with Crippen LogP contribution in [-0.4, -0.2) is 5.37 Å². The van der Waals surface area contributed by atoms with E-state index in [4.69, 9.17) is 0 Å². The maximum Gasteiger partial charge on any atom is 4.00 e. The molecule has 0 aromatic rings. The molecular formula is C12H13ClSZr. The van der Waals surface area contributed by atoms with Crippen LogP contribution < -0.4 is 12.4 Å². The van der Waals surface area contributed by atoms with Crippen LogP contribution in [-0.2, 0) is 26.2 Å². The molecule has 0 bridgehead atoms. The van der Waals surface area contributed by atoms with Crippen LogP contribution in [0.4, 0.5) is 0 Å². The maximum absolute atomic E-state index is 4.16. The van der Waals surface area contributed by atoms with Gasteiger partial charge in [0.15, 0.2) is 0 Å². The summed E-state index contributed by atoms with van der Waals surface area (Å²) in [5.41, 5.74) is 0. The van der Waals surface area contributed by atoms with Crippen molar-refractivity contribution in [2.75, 3.05) is 0 Å². The first-order valence-electron chi connectivity index (χ1n) is 4.08. The molecule has 0 saturated heterocycles. The fourth-order valence-corrected chi connectivity index (χ4v) is 0.680. The summed E-state index contributed by atoms with van der Waals surface area (Å²) >= 11 is 4.16. The molecule has 0 atom stereocenters. The summed E-state index contributed by atoms with van der Waals surface area (Å²) in [5.74, 6) is 0. The molecule has 78 valence electrons. The number of rotatable bonds is 0. The minimum atomic E-state index is 0. The third-order valence-corrected chi connectivity index (χ3v) is 1.17. The Hall–Kier alpha value is 0.0931. The van der Waals surface area contributed by atoms with Gasteiger partial charge < -0.3 is 19.3 Å². The second-order valence-corrected chi connectivity index (χ2v) is 2.51. The molecule has 0 aliphatic heterocycles. The van der Waals surface area contributed by atoms with Gasteiger partial charge in [0.05, 0.1) is 0 Å². The van der Waals surface area contributed by atoms with Crippen molar-refractivity contribution >= 4 is 17.6 Å². The van der Waals surface area contributed by atoms with Gasteiger partial charge in [0, 0.05) is 0 Å². The van der Waals surface area contributed by atoms with E-state index in [9.17, 15) is 0 Å². The summed E-state index contributed by atoms with van der Waals surface area (Å²) in [7, 11) is 0. The van der Waals surface area contributed by atoms with Crippen LogP contribution in [0.3, 0.4) is 0 Å². The van der Waals surface area contributed by atoms with Gasteiger partial charge in [-0.3, -0.25) is 12.2 Å². The summed E-state index contributed by atoms with van der Waals surface area (Å²) in [6.45, 7) is 3.18. The summed E-state index contributed by atoms with van der Waals surface area (Å²) in [6.07, 6.45) is 20.0. The fourth-order valence-electron chi connectivity index (χ4n) is 0.680. The van der Waals surface area contributed by atoms with Crippen LogP contribution in [0.5, 0.6) is 0 Å². The van der Waals surface area contributed by atoms with Gasteiger partial charge in [0.2, 0.25) is 0 Å². The van der Waals surface area contributed by atoms with Gasteiger partial charge in [-0.05, 0) is 0 Å². The van der Waals surface area contributed by atoms with E-state index in [2.05, 4.69) is 43.4 Å². The quantitative estimate of drug-likeness (QED) is 0.461. The predicted octanol–water partition coefficient (Wildman–Crippen LogP) is 0.433. The van der Waals surface area contributed by atoms with E-state index in [0.717, 1.165) is 12.8 Å². The average molecular weight is 316 g/mol. The minimum absolute atomic E-state index is 0. The minimum Gasteiger partial charge on any atom is -1.00 e. The Morgan fingerprint density at radius 3 is 1.47 bits per heavy atom. The normalized spacial score (nSPS) is 12.5. The van der Waals surface area contributed by atoms with E-state index < -0.39 is 0 Å². The van der Waals surface area contributed by atoms with Gasteiger partial charge >= 0.3 is 26.2 Å². The van der Waals surface area contributed by atoms with E-state index in [1.165, 1.54) is 5.37 Å². The van der Waals surface area contributed by atoms with Crippen LogP contribution in [0.15, 0.2) is 36.5 Å². The number of hydrogen-bond donors (Lipinski definition) is 0. The van der Waals surface area contributed by atoms with Crippen molar-refractivity contribution in [3.05, 3.63) is 55.5 Å². The predicted molar refractivity (Wildman–Crippen MR) is 62.2 cm³/mol. The number of hydrogen-bond acceptors (Lipinski definition) is 1. The van der Waals surface area contributed by atoms with Gasteiger partial charge in [-0.1, -0.05) is 0 Å². The first-order valence-corrected chi connectivity index (χ1v) is 4.55. The second-order valence-electron chi connectivity index (χ2n) is 2.17. The van der Waals surface area contributed by atoms with Crippen LogP contribution in [0.25, 0.3) is 0 Å². The molecule has 0 aromatic carbocycles. The molecule has 0 nitrogen and oxygen atoms in total. The van der Waals surface area contributed by atoms with Gasteiger partial charge in [0.1, 0.15) is 0 Å². The molecule has 3 heteroatoms. The Morgan fingerprint density at radius 2 is 1.40 bits per heavy atom. The molecule has 0 N–H and O–H groups in total. The second kappa shape index (κ2) is 19.6. The molecule has 0 heterocycles. The monoisotopic (exact) mass is 314 g/mol.